The van der Waals surface area contributed by atoms with Gasteiger partial charge in [0.25, 0.3) is 0 Å². The molecule has 0 aromatic rings. The van der Waals surface area contributed by atoms with Crippen LogP contribution in [0.3, 0.4) is 0 Å². The fourth-order valence-corrected chi connectivity index (χ4v) is 3.07. The van der Waals surface area contributed by atoms with Crippen LogP contribution in [0.15, 0.2) is 0 Å². The van der Waals surface area contributed by atoms with Crippen LogP contribution in [0.5, 0.6) is 0 Å². The van der Waals surface area contributed by atoms with E-state index in [-0.39, 0.29) is 16.4 Å². The highest BCUT2D eigenvalue weighted by atomic mass is 32.2. The summed E-state index contributed by atoms with van der Waals surface area (Å²) in [6.45, 7) is 10.1. The molecule has 1 rings (SSSR count). The number of rotatable bonds is 5. The minimum absolute atomic E-state index is 0.263. The van der Waals surface area contributed by atoms with Crippen LogP contribution >= 0.6 is 12.6 Å². The molecular weight excluding hydrogens is 256 g/mol. The zero-order valence-corrected chi connectivity index (χ0v) is 12.7. The maximum absolute atomic E-state index is 11.7. The summed E-state index contributed by atoms with van der Waals surface area (Å²) in [5, 5.41) is 0.0257. The fourth-order valence-electron chi connectivity index (χ4n) is 1.85. The number of hydrogen-bond acceptors (Lipinski definition) is 5. The van der Waals surface area contributed by atoms with Crippen molar-refractivity contribution in [2.45, 2.75) is 31.4 Å². The molecule has 1 heterocycles. The molecule has 0 amide bonds. The van der Waals surface area contributed by atoms with Crippen LogP contribution in [0, 0.1) is 0 Å². The van der Waals surface area contributed by atoms with E-state index >= 15 is 0 Å². The first kappa shape index (κ1) is 15.3. The van der Waals surface area contributed by atoms with E-state index in [2.05, 4.69) is 29.4 Å². The summed E-state index contributed by atoms with van der Waals surface area (Å²) in [6, 6.07) is 0. The third-order valence-electron chi connectivity index (χ3n) is 3.35. The van der Waals surface area contributed by atoms with Crippen molar-refractivity contribution in [3.8, 4) is 0 Å². The summed E-state index contributed by atoms with van der Waals surface area (Å²) >= 11 is 4.41. The van der Waals surface area contributed by atoms with Gasteiger partial charge in [-0.25, -0.2) is 8.42 Å². The van der Waals surface area contributed by atoms with Crippen molar-refractivity contribution in [1.82, 2.24) is 9.80 Å². The number of sulfone groups is 1. The van der Waals surface area contributed by atoms with Gasteiger partial charge in [-0.15, -0.1) is 0 Å². The van der Waals surface area contributed by atoms with E-state index in [1.165, 1.54) is 0 Å². The molecule has 0 bridgehead atoms. The van der Waals surface area contributed by atoms with Gasteiger partial charge in [0.05, 0.1) is 11.0 Å². The van der Waals surface area contributed by atoms with Gasteiger partial charge in [0.15, 0.2) is 9.84 Å². The Morgan fingerprint density at radius 3 is 2.06 bits per heavy atom. The monoisotopic (exact) mass is 280 g/mol. The maximum Gasteiger partial charge on any atom is 0.153 e. The first-order chi connectivity index (χ1) is 7.83. The average molecular weight is 280 g/mol. The highest BCUT2D eigenvalue weighted by molar-refractivity contribution is 7.92. The number of nitrogens with zero attached hydrogens (tertiary/aromatic N) is 2. The molecule has 1 aliphatic heterocycles. The van der Waals surface area contributed by atoms with Gasteiger partial charge in [0.1, 0.15) is 0 Å². The zero-order chi connectivity index (χ0) is 13.1. The van der Waals surface area contributed by atoms with E-state index in [4.69, 9.17) is 0 Å². The molecule has 1 fully saturated rings. The Labute approximate surface area is 111 Å². The van der Waals surface area contributed by atoms with E-state index < -0.39 is 9.84 Å². The van der Waals surface area contributed by atoms with Crippen molar-refractivity contribution in [3.63, 3.8) is 0 Å². The summed E-state index contributed by atoms with van der Waals surface area (Å²) in [4.78, 5) is 4.53. The van der Waals surface area contributed by atoms with Crippen LogP contribution in [-0.2, 0) is 9.84 Å². The van der Waals surface area contributed by atoms with Crippen molar-refractivity contribution < 1.29 is 8.42 Å². The molecule has 1 unspecified atom stereocenters. The molecule has 0 radical (unpaired) electrons. The summed E-state index contributed by atoms with van der Waals surface area (Å²) in [5.41, 5.74) is 0. The molecule has 0 aliphatic carbocycles. The second-order valence-corrected chi connectivity index (χ2v) is 8.35. The van der Waals surface area contributed by atoms with Crippen LogP contribution in [0.25, 0.3) is 0 Å². The van der Waals surface area contributed by atoms with Crippen LogP contribution in [0.1, 0.15) is 20.8 Å². The van der Waals surface area contributed by atoms with E-state index in [9.17, 15) is 8.42 Å². The quantitative estimate of drug-likeness (QED) is 0.753. The molecule has 17 heavy (non-hydrogen) atoms. The molecule has 4 nitrogen and oxygen atoms in total. The molecule has 1 aliphatic rings. The molecule has 0 aromatic carbocycles. The lowest BCUT2D eigenvalue weighted by Crippen LogP contribution is -2.49. The Balaban J connectivity index is 2.32. The van der Waals surface area contributed by atoms with Gasteiger partial charge in [0, 0.05) is 38.1 Å². The van der Waals surface area contributed by atoms with Crippen LogP contribution in [0.2, 0.25) is 0 Å². The number of thiol groups is 1. The average Bonchev–Trinajstić information content (AvgIpc) is 2.27. The van der Waals surface area contributed by atoms with Gasteiger partial charge in [-0.2, -0.15) is 12.6 Å². The van der Waals surface area contributed by atoms with Gasteiger partial charge in [-0.3, -0.25) is 9.80 Å². The van der Waals surface area contributed by atoms with Crippen LogP contribution in [-0.4, -0.2) is 67.3 Å². The molecule has 1 saturated heterocycles. The Bertz CT molecular complexity index is 320. The number of hydrogen-bond donors (Lipinski definition) is 1. The lowest BCUT2D eigenvalue weighted by atomic mass is 10.3. The summed E-state index contributed by atoms with van der Waals surface area (Å²) in [7, 11) is -2.90. The molecule has 0 saturated carbocycles. The summed E-state index contributed by atoms with van der Waals surface area (Å²) in [5.74, 6) is 0.279. The molecule has 0 N–H and O–H groups in total. The smallest absolute Gasteiger partial charge is 0.153 e. The first-order valence-corrected chi connectivity index (χ1v) is 8.42. The highest BCUT2D eigenvalue weighted by Gasteiger charge is 2.22. The van der Waals surface area contributed by atoms with E-state index in [1.54, 1.807) is 13.8 Å². The topological polar surface area (TPSA) is 40.6 Å². The second-order valence-electron chi connectivity index (χ2n) is 4.93. The maximum atomic E-state index is 11.7. The Morgan fingerprint density at radius 1 is 1.12 bits per heavy atom. The summed E-state index contributed by atoms with van der Waals surface area (Å²) < 4.78 is 23.4. The van der Waals surface area contributed by atoms with E-state index in [1.807, 2.05) is 0 Å². The fraction of sp³-hybridized carbons (Fsp3) is 1.00. The van der Waals surface area contributed by atoms with E-state index in [0.29, 0.717) is 6.54 Å². The normalized spacial score (nSPS) is 21.9. The molecule has 102 valence electrons. The standard InChI is InChI=1S/C11H24N2O2S2/c1-10(2)17(14,15)9-8-12-4-6-13(7-5-12)11(3)16/h10-11,16H,4-9H2,1-3H3. The van der Waals surface area contributed by atoms with Crippen molar-refractivity contribution >= 4 is 22.5 Å². The van der Waals surface area contributed by atoms with Crippen molar-refractivity contribution in [1.29, 1.82) is 0 Å². The zero-order valence-electron chi connectivity index (χ0n) is 11.0. The lowest BCUT2D eigenvalue weighted by molar-refractivity contribution is 0.134. The molecular formula is C11H24N2O2S2. The van der Waals surface area contributed by atoms with E-state index in [0.717, 1.165) is 26.2 Å². The van der Waals surface area contributed by atoms with Crippen molar-refractivity contribution in [2.24, 2.45) is 0 Å². The largest absolute Gasteiger partial charge is 0.300 e. The SMILES string of the molecule is CC(S)N1CCN(CCS(=O)(=O)C(C)C)CC1. The minimum atomic E-state index is -2.90. The molecule has 0 spiro atoms. The molecule has 0 aromatic heterocycles. The van der Waals surface area contributed by atoms with Crippen molar-refractivity contribution in [2.75, 3.05) is 38.5 Å². The lowest BCUT2D eigenvalue weighted by Gasteiger charge is -2.36. The van der Waals surface area contributed by atoms with Gasteiger partial charge < -0.3 is 0 Å². The number of piperazine rings is 1. The third kappa shape index (κ3) is 4.77. The van der Waals surface area contributed by atoms with Crippen LogP contribution < -0.4 is 0 Å². The third-order valence-corrected chi connectivity index (χ3v) is 5.86. The Kier molecular flexibility index (Phi) is 5.76. The Morgan fingerprint density at radius 2 is 1.65 bits per heavy atom. The minimum Gasteiger partial charge on any atom is -0.300 e. The predicted octanol–water partition coefficient (Wildman–Crippen LogP) is 0.703. The van der Waals surface area contributed by atoms with Gasteiger partial charge in [0.2, 0.25) is 0 Å². The summed E-state index contributed by atoms with van der Waals surface area (Å²) in [6.07, 6.45) is 0. The first-order valence-electron chi connectivity index (χ1n) is 6.19. The van der Waals surface area contributed by atoms with Crippen molar-refractivity contribution in [3.05, 3.63) is 0 Å². The highest BCUT2D eigenvalue weighted by Crippen LogP contribution is 2.09. The van der Waals surface area contributed by atoms with Gasteiger partial charge in [-0.05, 0) is 20.8 Å². The Hall–Kier alpha value is 0.220. The predicted molar refractivity (Wildman–Crippen MR) is 75.4 cm³/mol. The molecule has 1 atom stereocenters. The van der Waals surface area contributed by atoms with Gasteiger partial charge in [-0.1, -0.05) is 0 Å². The van der Waals surface area contributed by atoms with Gasteiger partial charge >= 0.3 is 0 Å². The molecule has 6 heteroatoms. The van der Waals surface area contributed by atoms with Crippen LogP contribution in [0.4, 0.5) is 0 Å². The second kappa shape index (κ2) is 6.41.